The number of aliphatic carboxylic acids is 1. The highest BCUT2D eigenvalue weighted by Crippen LogP contribution is 2.13. The van der Waals surface area contributed by atoms with Crippen molar-refractivity contribution in [1.29, 1.82) is 0 Å². The zero-order valence-electron chi connectivity index (χ0n) is 29.2. The number of carboxylic acid groups (broad SMARTS) is 1. The molecule has 0 aliphatic heterocycles. The van der Waals surface area contributed by atoms with Crippen molar-refractivity contribution in [3.63, 3.8) is 0 Å². The van der Waals surface area contributed by atoms with Gasteiger partial charge in [-0.25, -0.2) is 4.79 Å². The van der Waals surface area contributed by atoms with E-state index in [2.05, 4.69) is 17.0 Å². The van der Waals surface area contributed by atoms with Crippen LogP contribution < -0.4 is 5.32 Å². The molecule has 2 N–H and O–H groups in total. The van der Waals surface area contributed by atoms with Gasteiger partial charge in [0.15, 0.2) is 0 Å². The Morgan fingerprint density at radius 3 is 1.28 bits per heavy atom. The van der Waals surface area contributed by atoms with Gasteiger partial charge in [-0.2, -0.15) is 0 Å². The number of hydrogen-bond donors (Lipinski definition) is 2. The zero-order valence-corrected chi connectivity index (χ0v) is 29.2. The number of esters is 1. The summed E-state index contributed by atoms with van der Waals surface area (Å²) in [7, 11) is 0. The summed E-state index contributed by atoms with van der Waals surface area (Å²) in [4.78, 5) is 33.5. The van der Waals surface area contributed by atoms with Crippen LogP contribution in [-0.4, -0.2) is 129 Å². The van der Waals surface area contributed by atoms with Gasteiger partial charge in [-0.3, -0.25) is 9.59 Å². The summed E-state index contributed by atoms with van der Waals surface area (Å²) in [6.07, 6.45) is 17.2. The number of unbranched alkanes of at least 4 members (excludes halogenated alkanes) is 12. The van der Waals surface area contributed by atoms with Gasteiger partial charge in [0.1, 0.15) is 19.8 Å². The van der Waals surface area contributed by atoms with E-state index in [1.165, 1.54) is 70.6 Å². The number of nitrogens with one attached hydrogen (secondary N) is 1. The number of amides is 1. The molecule has 13 nitrogen and oxygen atoms in total. The average Bonchev–Trinajstić information content (AvgIpc) is 3.05. The van der Waals surface area contributed by atoms with Crippen LogP contribution in [-0.2, 0) is 52.3 Å². The third-order valence-corrected chi connectivity index (χ3v) is 6.86. The summed E-state index contributed by atoms with van der Waals surface area (Å²) >= 11 is 0. The Balaban J connectivity index is 3.18. The molecule has 278 valence electrons. The minimum Gasteiger partial charge on any atom is -0.480 e. The number of rotatable bonds is 39. The van der Waals surface area contributed by atoms with Crippen LogP contribution in [0.4, 0.5) is 0 Å². The van der Waals surface area contributed by atoms with Crippen molar-refractivity contribution < 1.29 is 57.4 Å². The normalized spacial score (nSPS) is 11.2. The van der Waals surface area contributed by atoms with E-state index in [0.717, 1.165) is 12.8 Å². The Hall–Kier alpha value is -1.87. The topological polar surface area (TPSA) is 157 Å². The van der Waals surface area contributed by atoms with E-state index in [9.17, 15) is 14.4 Å². The van der Waals surface area contributed by atoms with E-state index in [0.29, 0.717) is 92.2 Å². The second kappa shape index (κ2) is 38.6. The molecular formula is C34H65NO12. The smallest absolute Gasteiger partial charge is 0.329 e. The molecular weight excluding hydrogens is 614 g/mol. The van der Waals surface area contributed by atoms with Crippen molar-refractivity contribution in [3.05, 3.63) is 0 Å². The molecule has 0 bridgehead atoms. The molecule has 0 spiro atoms. The van der Waals surface area contributed by atoms with E-state index < -0.39 is 18.5 Å². The summed E-state index contributed by atoms with van der Waals surface area (Å²) in [6, 6.07) is 0. The molecule has 0 aromatic heterocycles. The lowest BCUT2D eigenvalue weighted by Crippen LogP contribution is -2.31. The first-order valence-corrected chi connectivity index (χ1v) is 17.7. The molecule has 0 atom stereocenters. The van der Waals surface area contributed by atoms with Crippen LogP contribution in [0.5, 0.6) is 0 Å². The molecule has 0 radical (unpaired) electrons. The fourth-order valence-corrected chi connectivity index (χ4v) is 4.32. The molecule has 0 heterocycles. The van der Waals surface area contributed by atoms with E-state index in [4.69, 9.17) is 38.3 Å². The summed E-state index contributed by atoms with van der Waals surface area (Å²) < 4.78 is 42.4. The van der Waals surface area contributed by atoms with E-state index >= 15 is 0 Å². The van der Waals surface area contributed by atoms with Gasteiger partial charge in [0.25, 0.3) is 0 Å². The minimum atomic E-state index is -1.12. The lowest BCUT2D eigenvalue weighted by atomic mass is 10.0. The average molecular weight is 680 g/mol. The van der Waals surface area contributed by atoms with Gasteiger partial charge in [0, 0.05) is 13.0 Å². The standard InChI is InChI=1S/C34H65NO12/c1-2-3-4-5-6-7-8-9-10-11-12-13-14-15-34(39)47-29-28-45-27-26-44-25-24-43-23-22-42-21-20-41-19-18-40-17-16-35-32(36)30-46-31-33(37)38/h2-31H2,1H3,(H,35,36)(H,37,38). The van der Waals surface area contributed by atoms with E-state index in [1.807, 2.05) is 0 Å². The molecule has 0 saturated heterocycles. The van der Waals surface area contributed by atoms with Gasteiger partial charge in [0.05, 0.1) is 79.3 Å². The highest BCUT2D eigenvalue weighted by molar-refractivity contribution is 5.77. The molecule has 0 aromatic rings. The minimum absolute atomic E-state index is 0.145. The first-order chi connectivity index (χ1) is 23.1. The molecule has 0 aliphatic carbocycles. The highest BCUT2D eigenvalue weighted by Gasteiger charge is 2.04. The maximum Gasteiger partial charge on any atom is 0.329 e. The highest BCUT2D eigenvalue weighted by atomic mass is 16.6. The summed E-state index contributed by atoms with van der Waals surface area (Å²) in [5.41, 5.74) is 0. The van der Waals surface area contributed by atoms with Crippen LogP contribution in [0, 0.1) is 0 Å². The molecule has 47 heavy (non-hydrogen) atoms. The summed E-state index contributed by atoms with van der Waals surface area (Å²) in [5.74, 6) is -1.66. The summed E-state index contributed by atoms with van der Waals surface area (Å²) in [5, 5.41) is 11.0. The van der Waals surface area contributed by atoms with Gasteiger partial charge in [-0.15, -0.1) is 0 Å². The lowest BCUT2D eigenvalue weighted by Gasteiger charge is -2.09. The maximum absolute atomic E-state index is 11.8. The van der Waals surface area contributed by atoms with Crippen molar-refractivity contribution in [2.75, 3.05) is 106 Å². The molecule has 0 aromatic carbocycles. The van der Waals surface area contributed by atoms with Crippen molar-refractivity contribution in [1.82, 2.24) is 5.32 Å². The number of hydrogen-bond acceptors (Lipinski definition) is 11. The largest absolute Gasteiger partial charge is 0.480 e. The molecule has 0 fully saturated rings. The molecule has 1 amide bonds. The summed E-state index contributed by atoms with van der Waals surface area (Å²) in [6.45, 7) is 7.10. The molecule has 13 heteroatoms. The van der Waals surface area contributed by atoms with Gasteiger partial charge in [-0.1, -0.05) is 84.0 Å². The second-order valence-corrected chi connectivity index (χ2v) is 11.1. The Morgan fingerprint density at radius 2 is 0.851 bits per heavy atom. The Morgan fingerprint density at radius 1 is 0.468 bits per heavy atom. The van der Waals surface area contributed by atoms with Crippen molar-refractivity contribution in [2.24, 2.45) is 0 Å². The van der Waals surface area contributed by atoms with Crippen molar-refractivity contribution in [2.45, 2.75) is 96.8 Å². The van der Waals surface area contributed by atoms with Gasteiger partial charge < -0.3 is 48.3 Å². The molecule has 0 aliphatic rings. The number of carbonyl (C=O) groups is 3. The number of carboxylic acids is 1. The number of ether oxygens (including phenoxy) is 8. The van der Waals surface area contributed by atoms with Crippen LogP contribution in [0.15, 0.2) is 0 Å². The fraction of sp³-hybridized carbons (Fsp3) is 0.912. The quantitative estimate of drug-likeness (QED) is 0.0701. The second-order valence-electron chi connectivity index (χ2n) is 11.1. The SMILES string of the molecule is CCCCCCCCCCCCCCCC(=O)OCCOCCOCCOCCOCCOCCOCCNC(=O)COCC(=O)O. The molecule has 0 unspecified atom stereocenters. The van der Waals surface area contributed by atoms with Crippen LogP contribution in [0.1, 0.15) is 96.8 Å². The van der Waals surface area contributed by atoms with Crippen LogP contribution >= 0.6 is 0 Å². The lowest BCUT2D eigenvalue weighted by molar-refractivity contribution is -0.146. The third kappa shape index (κ3) is 40.2. The van der Waals surface area contributed by atoms with E-state index in [-0.39, 0.29) is 19.2 Å². The first kappa shape index (κ1) is 45.1. The Bertz CT molecular complexity index is 698. The van der Waals surface area contributed by atoms with Crippen LogP contribution in [0.3, 0.4) is 0 Å². The van der Waals surface area contributed by atoms with Gasteiger partial charge >= 0.3 is 11.9 Å². The fourth-order valence-electron chi connectivity index (χ4n) is 4.32. The van der Waals surface area contributed by atoms with Crippen LogP contribution in [0.25, 0.3) is 0 Å². The maximum atomic E-state index is 11.8. The van der Waals surface area contributed by atoms with E-state index in [1.54, 1.807) is 0 Å². The van der Waals surface area contributed by atoms with Gasteiger partial charge in [-0.05, 0) is 6.42 Å². The number of carbonyl (C=O) groups excluding carboxylic acids is 2. The van der Waals surface area contributed by atoms with Crippen molar-refractivity contribution >= 4 is 17.8 Å². The Kier molecular flexibility index (Phi) is 37.0. The predicted octanol–water partition coefficient (Wildman–Crippen LogP) is 4.33. The first-order valence-electron chi connectivity index (χ1n) is 17.7. The van der Waals surface area contributed by atoms with Crippen LogP contribution in [0.2, 0.25) is 0 Å². The third-order valence-electron chi connectivity index (χ3n) is 6.86. The molecule has 0 rings (SSSR count). The van der Waals surface area contributed by atoms with Crippen molar-refractivity contribution in [3.8, 4) is 0 Å². The van der Waals surface area contributed by atoms with Gasteiger partial charge in [0.2, 0.25) is 5.91 Å². The zero-order chi connectivity index (χ0) is 34.3. The monoisotopic (exact) mass is 679 g/mol. The Labute approximate surface area is 283 Å². The predicted molar refractivity (Wildman–Crippen MR) is 178 cm³/mol. The molecule has 0 saturated carbocycles.